The molecule has 0 bridgehead atoms. The fraction of sp³-hybridized carbons (Fsp3) is 0.138. The predicted octanol–water partition coefficient (Wildman–Crippen LogP) is 7.55. The fourth-order valence-corrected chi connectivity index (χ4v) is 5.31. The van der Waals surface area contributed by atoms with Crippen LogP contribution in [0.25, 0.3) is 11.0 Å². The Morgan fingerprint density at radius 1 is 0.688 bits per heavy atom. The topological polar surface area (TPSA) is 17.8 Å². The van der Waals surface area contributed by atoms with Crippen LogP contribution in [-0.2, 0) is 13.0 Å². The van der Waals surface area contributed by atoms with E-state index in [4.69, 9.17) is 4.98 Å². The van der Waals surface area contributed by atoms with Gasteiger partial charge in [-0.2, -0.15) is 0 Å². The Kier molecular flexibility index (Phi) is 6.36. The van der Waals surface area contributed by atoms with Crippen molar-refractivity contribution in [1.29, 1.82) is 0 Å². The molecule has 0 saturated heterocycles. The summed E-state index contributed by atoms with van der Waals surface area (Å²) in [6, 6.07) is 40.7. The summed E-state index contributed by atoms with van der Waals surface area (Å²) >= 11 is 1.87. The Morgan fingerprint density at radius 3 is 2.06 bits per heavy atom. The number of benzene rings is 4. The van der Waals surface area contributed by atoms with E-state index in [0.717, 1.165) is 30.7 Å². The van der Waals surface area contributed by atoms with Gasteiger partial charge in [0.15, 0.2) is 0 Å². The summed E-state index contributed by atoms with van der Waals surface area (Å²) in [6.45, 7) is 0.948. The van der Waals surface area contributed by atoms with Crippen LogP contribution in [0, 0.1) is 0 Å². The minimum absolute atomic E-state index is 0.128. The van der Waals surface area contributed by atoms with Crippen molar-refractivity contribution in [3.05, 3.63) is 132 Å². The summed E-state index contributed by atoms with van der Waals surface area (Å²) in [6.07, 6.45) is 2.14. The molecule has 0 aliphatic rings. The standard InChI is InChI=1S/C29H26N2S/c1-4-13-23(14-5-1)15-12-22-31-27-21-11-10-20-26(27)30-29(31)28(24-16-6-2-7-17-24)32-25-18-8-3-9-19-25/h1-11,13-14,16-21,28H,12,15,22H2. The van der Waals surface area contributed by atoms with Gasteiger partial charge in [-0.25, -0.2) is 4.98 Å². The molecule has 1 atom stereocenters. The molecule has 2 nitrogen and oxygen atoms in total. The molecule has 0 fully saturated rings. The lowest BCUT2D eigenvalue weighted by Gasteiger charge is -2.19. The molecule has 3 heteroatoms. The molecule has 1 heterocycles. The van der Waals surface area contributed by atoms with Crippen LogP contribution in [0.1, 0.15) is 28.6 Å². The molecular formula is C29H26N2S. The number of hydrogen-bond donors (Lipinski definition) is 0. The highest BCUT2D eigenvalue weighted by molar-refractivity contribution is 7.99. The first-order chi connectivity index (χ1) is 15.9. The molecule has 0 aliphatic heterocycles. The predicted molar refractivity (Wildman–Crippen MR) is 135 cm³/mol. The molecule has 5 aromatic rings. The quantitative estimate of drug-likeness (QED) is 0.235. The fourth-order valence-electron chi connectivity index (χ4n) is 4.15. The molecule has 0 aliphatic carbocycles. The van der Waals surface area contributed by atoms with Crippen LogP contribution in [0.3, 0.4) is 0 Å². The Morgan fingerprint density at radius 2 is 1.31 bits per heavy atom. The largest absolute Gasteiger partial charge is 0.327 e. The monoisotopic (exact) mass is 434 g/mol. The Hall–Kier alpha value is -3.30. The summed E-state index contributed by atoms with van der Waals surface area (Å²) < 4.78 is 2.44. The number of aryl methyl sites for hydroxylation is 2. The first kappa shape index (κ1) is 20.6. The van der Waals surface area contributed by atoms with Gasteiger partial charge in [0.2, 0.25) is 0 Å². The van der Waals surface area contributed by atoms with Gasteiger partial charge in [-0.15, -0.1) is 11.8 Å². The highest BCUT2D eigenvalue weighted by Gasteiger charge is 2.23. The molecule has 0 radical (unpaired) electrons. The summed E-state index contributed by atoms with van der Waals surface area (Å²) in [7, 11) is 0. The molecular weight excluding hydrogens is 408 g/mol. The lowest BCUT2D eigenvalue weighted by molar-refractivity contribution is 0.630. The third-order valence-electron chi connectivity index (χ3n) is 5.71. The van der Waals surface area contributed by atoms with E-state index in [1.165, 1.54) is 21.5 Å². The van der Waals surface area contributed by atoms with Crippen LogP contribution in [0.2, 0.25) is 0 Å². The van der Waals surface area contributed by atoms with Gasteiger partial charge in [-0.05, 0) is 48.2 Å². The van der Waals surface area contributed by atoms with E-state index in [9.17, 15) is 0 Å². The van der Waals surface area contributed by atoms with Gasteiger partial charge in [0.1, 0.15) is 5.82 Å². The third-order valence-corrected chi connectivity index (χ3v) is 6.97. The zero-order valence-electron chi connectivity index (χ0n) is 18.0. The van der Waals surface area contributed by atoms with Gasteiger partial charge in [-0.3, -0.25) is 0 Å². The maximum atomic E-state index is 5.15. The van der Waals surface area contributed by atoms with Crippen molar-refractivity contribution < 1.29 is 0 Å². The minimum Gasteiger partial charge on any atom is -0.327 e. The second-order valence-corrected chi connectivity index (χ2v) is 9.10. The molecule has 0 saturated carbocycles. The number of nitrogens with zero attached hydrogens (tertiary/aromatic N) is 2. The summed E-state index contributed by atoms with van der Waals surface area (Å²) in [5, 5.41) is 0.128. The number of aromatic nitrogens is 2. The zero-order valence-corrected chi connectivity index (χ0v) is 18.8. The summed E-state index contributed by atoms with van der Waals surface area (Å²) in [5.74, 6) is 1.12. The first-order valence-corrected chi connectivity index (χ1v) is 12.0. The second kappa shape index (κ2) is 9.88. The van der Waals surface area contributed by atoms with Gasteiger partial charge in [0.05, 0.1) is 16.3 Å². The summed E-state index contributed by atoms with van der Waals surface area (Å²) in [5.41, 5.74) is 4.94. The number of fused-ring (bicyclic) bond motifs is 1. The lowest BCUT2D eigenvalue weighted by Crippen LogP contribution is -2.09. The number of rotatable bonds is 8. The van der Waals surface area contributed by atoms with Gasteiger partial charge in [0, 0.05) is 11.4 Å². The number of imidazole rings is 1. The van der Waals surface area contributed by atoms with E-state index in [2.05, 4.69) is 120 Å². The van der Waals surface area contributed by atoms with Crippen LogP contribution >= 0.6 is 11.8 Å². The number of hydrogen-bond acceptors (Lipinski definition) is 2. The summed E-state index contributed by atoms with van der Waals surface area (Å²) in [4.78, 5) is 6.41. The molecule has 32 heavy (non-hydrogen) atoms. The van der Waals surface area contributed by atoms with Crippen LogP contribution in [0.4, 0.5) is 0 Å². The van der Waals surface area contributed by atoms with Crippen molar-refractivity contribution in [2.75, 3.05) is 0 Å². The van der Waals surface area contributed by atoms with E-state index < -0.39 is 0 Å². The number of para-hydroxylation sites is 2. The van der Waals surface area contributed by atoms with Crippen molar-refractivity contribution in [3.8, 4) is 0 Å². The molecule has 158 valence electrons. The molecule has 5 rings (SSSR count). The van der Waals surface area contributed by atoms with Gasteiger partial charge >= 0.3 is 0 Å². The van der Waals surface area contributed by atoms with Gasteiger partial charge in [-0.1, -0.05) is 91.0 Å². The highest BCUT2D eigenvalue weighted by Crippen LogP contribution is 2.41. The van der Waals surface area contributed by atoms with Gasteiger partial charge in [0.25, 0.3) is 0 Å². The highest BCUT2D eigenvalue weighted by atomic mass is 32.2. The Labute approximate surface area is 194 Å². The molecule has 1 aromatic heterocycles. The van der Waals surface area contributed by atoms with E-state index in [0.29, 0.717) is 0 Å². The van der Waals surface area contributed by atoms with E-state index in [1.54, 1.807) is 0 Å². The number of thioether (sulfide) groups is 1. The average Bonchev–Trinajstić information content (AvgIpc) is 3.23. The SMILES string of the molecule is c1ccc(CCCn2c(C(Sc3ccccc3)c3ccccc3)nc3ccccc32)cc1. The van der Waals surface area contributed by atoms with E-state index in [-0.39, 0.29) is 5.25 Å². The maximum Gasteiger partial charge on any atom is 0.127 e. The first-order valence-electron chi connectivity index (χ1n) is 11.1. The van der Waals surface area contributed by atoms with E-state index in [1.807, 2.05) is 11.8 Å². The van der Waals surface area contributed by atoms with Crippen molar-refractivity contribution in [3.63, 3.8) is 0 Å². The minimum atomic E-state index is 0.128. The molecule has 0 spiro atoms. The van der Waals surface area contributed by atoms with Crippen molar-refractivity contribution in [2.24, 2.45) is 0 Å². The lowest BCUT2D eigenvalue weighted by atomic mass is 10.1. The molecule has 1 unspecified atom stereocenters. The van der Waals surface area contributed by atoms with Crippen LogP contribution in [0.5, 0.6) is 0 Å². The second-order valence-electron chi connectivity index (χ2n) is 7.92. The third kappa shape index (κ3) is 4.63. The normalized spacial score (nSPS) is 12.1. The van der Waals surface area contributed by atoms with Crippen molar-refractivity contribution >= 4 is 22.8 Å². The maximum absolute atomic E-state index is 5.15. The smallest absolute Gasteiger partial charge is 0.127 e. The molecule has 4 aromatic carbocycles. The zero-order chi connectivity index (χ0) is 21.6. The Bertz CT molecular complexity index is 1260. The van der Waals surface area contributed by atoms with Crippen molar-refractivity contribution in [2.45, 2.75) is 29.5 Å². The van der Waals surface area contributed by atoms with E-state index >= 15 is 0 Å². The van der Waals surface area contributed by atoms with Crippen LogP contribution in [0.15, 0.2) is 120 Å². The molecule has 0 amide bonds. The average molecular weight is 435 g/mol. The van der Waals surface area contributed by atoms with Crippen LogP contribution < -0.4 is 0 Å². The van der Waals surface area contributed by atoms with Gasteiger partial charge < -0.3 is 4.57 Å². The Balaban J connectivity index is 1.53. The van der Waals surface area contributed by atoms with Crippen molar-refractivity contribution in [1.82, 2.24) is 9.55 Å². The molecule has 0 N–H and O–H groups in total. The van der Waals surface area contributed by atoms with Crippen LogP contribution in [-0.4, -0.2) is 9.55 Å².